The van der Waals surface area contributed by atoms with Crippen molar-refractivity contribution in [1.82, 2.24) is 4.90 Å². The number of carbonyl (C=O) groups excluding carboxylic acids is 1. The smallest absolute Gasteiger partial charge is 0.223 e. The molecule has 7 heteroatoms. The fraction of sp³-hybridized carbons (Fsp3) is 0.611. The lowest BCUT2D eigenvalue weighted by atomic mass is 9.79. The molecule has 0 radical (unpaired) electrons. The van der Waals surface area contributed by atoms with Crippen molar-refractivity contribution in [2.75, 3.05) is 19.4 Å². The maximum Gasteiger partial charge on any atom is 0.223 e. The lowest BCUT2D eigenvalue weighted by Gasteiger charge is -2.42. The molecule has 1 N–H and O–H groups in total. The highest BCUT2D eigenvalue weighted by Gasteiger charge is 2.52. The number of aliphatic hydroxyl groups is 1. The summed E-state index contributed by atoms with van der Waals surface area (Å²) in [4.78, 5) is 14.6. The third-order valence-electron chi connectivity index (χ3n) is 5.57. The Bertz CT molecular complexity index is 720. The molecule has 1 aromatic rings. The fourth-order valence-corrected chi connectivity index (χ4v) is 5.34. The van der Waals surface area contributed by atoms with Crippen LogP contribution in [0.25, 0.3) is 0 Å². The first-order valence-corrected chi connectivity index (χ1v) is 10.3. The minimum Gasteiger partial charge on any atom is -0.393 e. The van der Waals surface area contributed by atoms with Crippen molar-refractivity contribution in [2.24, 2.45) is 0 Å². The Labute approximate surface area is 148 Å². The van der Waals surface area contributed by atoms with Crippen LogP contribution in [0.1, 0.15) is 32.1 Å². The minimum atomic E-state index is -3.47. The molecule has 2 fully saturated rings. The van der Waals surface area contributed by atoms with Crippen molar-refractivity contribution in [2.45, 2.75) is 54.7 Å². The quantitative estimate of drug-likeness (QED) is 0.850. The van der Waals surface area contributed by atoms with Gasteiger partial charge < -0.3 is 14.7 Å². The van der Waals surface area contributed by atoms with Gasteiger partial charge in [-0.1, -0.05) is 18.2 Å². The van der Waals surface area contributed by atoms with E-state index in [4.69, 9.17) is 4.74 Å². The Hall–Kier alpha value is -1.44. The number of carbonyl (C=O) groups is 1. The van der Waals surface area contributed by atoms with Crippen LogP contribution in [0.15, 0.2) is 35.2 Å². The zero-order valence-electron chi connectivity index (χ0n) is 14.4. The van der Waals surface area contributed by atoms with E-state index in [1.165, 1.54) is 0 Å². The Morgan fingerprint density at radius 2 is 2.04 bits per heavy atom. The van der Waals surface area contributed by atoms with Gasteiger partial charge in [0.1, 0.15) is 0 Å². The summed E-state index contributed by atoms with van der Waals surface area (Å²) in [6, 6.07) is 8.02. The van der Waals surface area contributed by atoms with E-state index in [9.17, 15) is 18.3 Å². The predicted octanol–water partition coefficient (Wildman–Crippen LogP) is 1.38. The van der Waals surface area contributed by atoms with E-state index in [0.717, 1.165) is 12.8 Å². The predicted molar refractivity (Wildman–Crippen MR) is 92.8 cm³/mol. The van der Waals surface area contributed by atoms with Crippen molar-refractivity contribution >= 4 is 15.7 Å². The molecule has 1 saturated heterocycles. The molecule has 25 heavy (non-hydrogen) atoms. The van der Waals surface area contributed by atoms with E-state index in [1.54, 1.807) is 42.3 Å². The topological polar surface area (TPSA) is 83.9 Å². The van der Waals surface area contributed by atoms with Crippen LogP contribution < -0.4 is 0 Å². The standard InChI is InChI=1S/C18H25NO5S/c1-24-18-9-7-14(20)13-16(18)19(11-10-18)17(21)8-12-25(22,23)15-5-3-2-4-6-15/h2-6,14,16,20H,7-13H2,1H3/t14-,16-,18+/m0/s1. The summed E-state index contributed by atoms with van der Waals surface area (Å²) in [5, 5.41) is 9.98. The Morgan fingerprint density at radius 3 is 2.72 bits per heavy atom. The molecule has 1 saturated carbocycles. The normalized spacial score (nSPS) is 29.4. The zero-order chi connectivity index (χ0) is 18.1. The van der Waals surface area contributed by atoms with Gasteiger partial charge in [0.2, 0.25) is 5.91 Å². The van der Waals surface area contributed by atoms with Crippen molar-refractivity contribution in [3.05, 3.63) is 30.3 Å². The molecule has 3 rings (SSSR count). The number of hydrogen-bond donors (Lipinski definition) is 1. The second kappa shape index (κ2) is 7.05. The average Bonchev–Trinajstić information content (AvgIpc) is 3.00. The van der Waals surface area contributed by atoms with E-state index < -0.39 is 21.5 Å². The van der Waals surface area contributed by atoms with E-state index >= 15 is 0 Å². The SMILES string of the molecule is CO[C@@]12CC[C@H](O)C[C@@H]1N(C(=O)CCS(=O)(=O)c1ccccc1)CC2. The summed E-state index contributed by atoms with van der Waals surface area (Å²) in [5.41, 5.74) is -0.396. The number of rotatable bonds is 5. The van der Waals surface area contributed by atoms with E-state index in [0.29, 0.717) is 19.4 Å². The van der Waals surface area contributed by atoms with Crippen LogP contribution in [0.3, 0.4) is 0 Å². The van der Waals surface area contributed by atoms with Gasteiger partial charge in [-0.15, -0.1) is 0 Å². The van der Waals surface area contributed by atoms with Crippen molar-refractivity contribution < 1.29 is 23.1 Å². The van der Waals surface area contributed by atoms with Crippen LogP contribution in [-0.2, 0) is 19.4 Å². The van der Waals surface area contributed by atoms with Gasteiger partial charge in [-0.3, -0.25) is 4.79 Å². The van der Waals surface area contributed by atoms with Gasteiger partial charge in [-0.2, -0.15) is 0 Å². The van der Waals surface area contributed by atoms with Gasteiger partial charge in [0.05, 0.1) is 28.4 Å². The Balaban J connectivity index is 1.67. The number of methoxy groups -OCH3 is 1. The molecular weight excluding hydrogens is 342 g/mol. The lowest BCUT2D eigenvalue weighted by molar-refractivity contribution is -0.139. The summed E-state index contributed by atoms with van der Waals surface area (Å²) >= 11 is 0. The van der Waals surface area contributed by atoms with Gasteiger partial charge in [0, 0.05) is 20.1 Å². The molecule has 6 nitrogen and oxygen atoms in total. The number of likely N-dealkylation sites (tertiary alicyclic amines) is 1. The highest BCUT2D eigenvalue weighted by atomic mass is 32.2. The number of benzene rings is 1. The summed E-state index contributed by atoms with van der Waals surface area (Å²) < 4.78 is 30.5. The molecule has 0 aromatic heterocycles. The molecule has 2 aliphatic rings. The van der Waals surface area contributed by atoms with Crippen molar-refractivity contribution in [3.63, 3.8) is 0 Å². The van der Waals surface area contributed by atoms with Crippen LogP contribution in [0, 0.1) is 0 Å². The fourth-order valence-electron chi connectivity index (χ4n) is 4.09. The maximum atomic E-state index is 12.7. The summed E-state index contributed by atoms with van der Waals surface area (Å²) in [6.45, 7) is 0.551. The van der Waals surface area contributed by atoms with Crippen LogP contribution in [0.4, 0.5) is 0 Å². The Kier molecular flexibility index (Phi) is 5.18. The number of ether oxygens (including phenoxy) is 1. The molecule has 0 spiro atoms. The number of nitrogens with zero attached hydrogens (tertiary/aromatic N) is 1. The largest absolute Gasteiger partial charge is 0.393 e. The lowest BCUT2D eigenvalue weighted by Crippen LogP contribution is -2.52. The monoisotopic (exact) mass is 367 g/mol. The summed E-state index contributed by atoms with van der Waals surface area (Å²) in [6.07, 6.45) is 2.14. The molecule has 3 atom stereocenters. The van der Waals surface area contributed by atoms with Crippen molar-refractivity contribution in [1.29, 1.82) is 0 Å². The number of hydrogen-bond acceptors (Lipinski definition) is 5. The number of aliphatic hydroxyl groups excluding tert-OH is 1. The van der Waals surface area contributed by atoms with E-state index in [1.807, 2.05) is 0 Å². The number of sulfone groups is 1. The van der Waals surface area contributed by atoms with Crippen molar-refractivity contribution in [3.8, 4) is 0 Å². The average molecular weight is 367 g/mol. The molecular formula is C18H25NO5S. The summed E-state index contributed by atoms with van der Waals surface area (Å²) in [7, 11) is -1.82. The Morgan fingerprint density at radius 1 is 1.32 bits per heavy atom. The molecule has 138 valence electrons. The molecule has 0 unspecified atom stereocenters. The molecule has 1 amide bonds. The van der Waals surface area contributed by atoms with Crippen LogP contribution >= 0.6 is 0 Å². The molecule has 1 aromatic carbocycles. The second-order valence-electron chi connectivity index (χ2n) is 6.93. The van der Waals surface area contributed by atoms with Gasteiger partial charge in [-0.25, -0.2) is 8.42 Å². The maximum absolute atomic E-state index is 12.7. The van der Waals surface area contributed by atoms with E-state index in [2.05, 4.69) is 0 Å². The third kappa shape index (κ3) is 3.59. The highest BCUT2D eigenvalue weighted by Crippen LogP contribution is 2.42. The van der Waals surface area contributed by atoms with Gasteiger partial charge in [-0.05, 0) is 37.8 Å². The number of fused-ring (bicyclic) bond motifs is 1. The van der Waals surface area contributed by atoms with Gasteiger partial charge in [0.15, 0.2) is 9.84 Å². The first-order chi connectivity index (χ1) is 11.9. The van der Waals surface area contributed by atoms with E-state index in [-0.39, 0.29) is 29.0 Å². The minimum absolute atomic E-state index is 0.0520. The first kappa shape index (κ1) is 18.4. The number of amides is 1. The highest BCUT2D eigenvalue weighted by molar-refractivity contribution is 7.91. The van der Waals surface area contributed by atoms with Crippen LogP contribution in [-0.4, -0.2) is 61.5 Å². The van der Waals surface area contributed by atoms with Gasteiger partial charge >= 0.3 is 0 Å². The molecule has 1 aliphatic carbocycles. The molecule has 0 bridgehead atoms. The van der Waals surface area contributed by atoms with Crippen LogP contribution in [0.5, 0.6) is 0 Å². The first-order valence-electron chi connectivity index (χ1n) is 8.68. The molecule has 1 heterocycles. The second-order valence-corrected chi connectivity index (χ2v) is 9.04. The summed E-state index contributed by atoms with van der Waals surface area (Å²) in [5.74, 6) is -0.390. The zero-order valence-corrected chi connectivity index (χ0v) is 15.2. The van der Waals surface area contributed by atoms with Crippen LogP contribution in [0.2, 0.25) is 0 Å². The van der Waals surface area contributed by atoms with Gasteiger partial charge in [0.25, 0.3) is 0 Å². The molecule has 1 aliphatic heterocycles. The third-order valence-corrected chi connectivity index (χ3v) is 7.30.